The van der Waals surface area contributed by atoms with Crippen LogP contribution in [0, 0.1) is 0 Å². The van der Waals surface area contributed by atoms with Crippen molar-refractivity contribution in [3.8, 4) is 17.2 Å². The summed E-state index contributed by atoms with van der Waals surface area (Å²) >= 11 is 1.34. The number of rotatable bonds is 5. The van der Waals surface area contributed by atoms with Gasteiger partial charge in [-0.05, 0) is 23.6 Å². The number of hydrogen-bond acceptors (Lipinski definition) is 7. The predicted octanol–water partition coefficient (Wildman–Crippen LogP) is 1.63. The highest BCUT2D eigenvalue weighted by Gasteiger charge is 2.15. The predicted molar refractivity (Wildman–Crippen MR) is 87.9 cm³/mol. The Kier molecular flexibility index (Phi) is 3.83. The molecule has 0 spiro atoms. The van der Waals surface area contributed by atoms with Crippen LogP contribution in [0.1, 0.15) is 0 Å². The van der Waals surface area contributed by atoms with E-state index in [1.807, 2.05) is 5.38 Å². The topological polar surface area (TPSA) is 82.8 Å². The minimum atomic E-state index is -0.840. The molecule has 124 valence electrons. The highest BCUT2D eigenvalue weighted by atomic mass is 32.1. The zero-order valence-corrected chi connectivity index (χ0v) is 13.4. The molecule has 1 aliphatic heterocycles. The summed E-state index contributed by atoms with van der Waals surface area (Å²) in [6.45, 7) is 0.362. The van der Waals surface area contributed by atoms with E-state index < -0.39 is 6.10 Å². The number of benzene rings is 1. The van der Waals surface area contributed by atoms with Crippen molar-refractivity contribution in [1.29, 1.82) is 0 Å². The summed E-state index contributed by atoms with van der Waals surface area (Å²) in [7, 11) is 0. The van der Waals surface area contributed by atoms with E-state index in [1.54, 1.807) is 24.3 Å². The molecule has 0 saturated carbocycles. The second-order valence-corrected chi connectivity index (χ2v) is 6.23. The van der Waals surface area contributed by atoms with Crippen LogP contribution in [0.15, 0.2) is 40.8 Å². The summed E-state index contributed by atoms with van der Waals surface area (Å²) in [6.07, 6.45) is 0.605. The van der Waals surface area contributed by atoms with Crippen LogP contribution in [0.4, 0.5) is 0 Å². The van der Waals surface area contributed by atoms with Crippen molar-refractivity contribution < 1.29 is 19.3 Å². The van der Waals surface area contributed by atoms with Crippen LogP contribution in [0.2, 0.25) is 0 Å². The maximum atomic E-state index is 12.3. The average Bonchev–Trinajstić information content (AvgIpc) is 3.24. The van der Waals surface area contributed by atoms with Gasteiger partial charge in [-0.2, -0.15) is 0 Å². The van der Waals surface area contributed by atoms with Crippen LogP contribution in [0.5, 0.6) is 17.2 Å². The summed E-state index contributed by atoms with van der Waals surface area (Å²) in [5, 5.41) is 12.0. The number of ether oxygens (including phenoxy) is 3. The number of nitrogens with zero attached hydrogens (tertiary/aromatic N) is 2. The molecule has 1 atom stereocenters. The Balaban J connectivity index is 1.41. The van der Waals surface area contributed by atoms with Crippen LogP contribution < -0.4 is 19.8 Å². The molecule has 0 fully saturated rings. The maximum Gasteiger partial charge on any atom is 0.271 e. The first kappa shape index (κ1) is 15.0. The second kappa shape index (κ2) is 6.14. The van der Waals surface area contributed by atoms with Gasteiger partial charge in [0.15, 0.2) is 11.5 Å². The van der Waals surface area contributed by atoms with Crippen molar-refractivity contribution in [3.63, 3.8) is 0 Å². The zero-order valence-electron chi connectivity index (χ0n) is 12.5. The van der Waals surface area contributed by atoms with Gasteiger partial charge in [-0.3, -0.25) is 9.36 Å². The van der Waals surface area contributed by atoms with Gasteiger partial charge >= 0.3 is 0 Å². The van der Waals surface area contributed by atoms with E-state index in [1.165, 1.54) is 22.2 Å². The minimum Gasteiger partial charge on any atom is -0.491 e. The van der Waals surface area contributed by atoms with Crippen LogP contribution >= 0.6 is 11.3 Å². The van der Waals surface area contributed by atoms with E-state index in [0.717, 1.165) is 0 Å². The lowest BCUT2D eigenvalue weighted by molar-refractivity contribution is 0.0913. The Morgan fingerprint density at radius 2 is 2.21 bits per heavy atom. The van der Waals surface area contributed by atoms with Crippen molar-refractivity contribution in [2.45, 2.75) is 12.6 Å². The Bertz CT molecular complexity index is 936. The fourth-order valence-corrected chi connectivity index (χ4v) is 3.24. The molecule has 0 radical (unpaired) electrons. The standard InChI is InChI=1S/C16H14N2O5S/c19-10(6-18-8-17-12-3-4-24-15(12)16(18)20)7-21-11-1-2-13-14(5-11)23-9-22-13/h1-5,8,10,19H,6-7,9H2. The van der Waals surface area contributed by atoms with Gasteiger partial charge in [0, 0.05) is 6.07 Å². The van der Waals surface area contributed by atoms with Gasteiger partial charge in [0.05, 0.1) is 18.4 Å². The fraction of sp³-hybridized carbons (Fsp3) is 0.250. The summed E-state index contributed by atoms with van der Waals surface area (Å²) in [5.41, 5.74) is 0.518. The Hall–Kier alpha value is -2.58. The molecule has 1 aliphatic rings. The van der Waals surface area contributed by atoms with Gasteiger partial charge < -0.3 is 19.3 Å². The van der Waals surface area contributed by atoms with E-state index in [2.05, 4.69) is 4.98 Å². The highest BCUT2D eigenvalue weighted by Crippen LogP contribution is 2.35. The molecule has 24 heavy (non-hydrogen) atoms. The first-order chi connectivity index (χ1) is 11.7. The average molecular weight is 346 g/mol. The second-order valence-electron chi connectivity index (χ2n) is 5.32. The van der Waals surface area contributed by atoms with Gasteiger partial charge in [0.1, 0.15) is 23.2 Å². The molecule has 0 amide bonds. The molecule has 4 rings (SSSR count). The van der Waals surface area contributed by atoms with E-state index in [9.17, 15) is 9.90 Å². The summed E-state index contributed by atoms with van der Waals surface area (Å²) in [6, 6.07) is 7.00. The van der Waals surface area contributed by atoms with Gasteiger partial charge in [0.25, 0.3) is 5.56 Å². The third-order valence-corrected chi connectivity index (χ3v) is 4.52. The van der Waals surface area contributed by atoms with E-state index in [4.69, 9.17) is 14.2 Å². The smallest absolute Gasteiger partial charge is 0.271 e. The van der Waals surface area contributed by atoms with Crippen molar-refractivity contribution in [3.05, 3.63) is 46.3 Å². The Labute approximate surface area is 140 Å². The largest absolute Gasteiger partial charge is 0.491 e. The minimum absolute atomic E-state index is 0.0502. The molecule has 3 heterocycles. The quantitative estimate of drug-likeness (QED) is 0.756. The highest BCUT2D eigenvalue weighted by molar-refractivity contribution is 7.17. The number of hydrogen-bond donors (Lipinski definition) is 1. The molecule has 0 bridgehead atoms. The van der Waals surface area contributed by atoms with Crippen molar-refractivity contribution in [2.24, 2.45) is 0 Å². The molecule has 2 aromatic heterocycles. The number of aliphatic hydroxyl groups excluding tert-OH is 1. The molecule has 0 saturated heterocycles. The summed E-state index contributed by atoms with van der Waals surface area (Å²) in [5.74, 6) is 1.85. The fourth-order valence-electron chi connectivity index (χ4n) is 2.45. The van der Waals surface area contributed by atoms with Gasteiger partial charge in [0.2, 0.25) is 6.79 Å². The SMILES string of the molecule is O=c1c2sccc2ncn1CC(O)COc1ccc2c(c1)OCO2. The Morgan fingerprint density at radius 3 is 3.12 bits per heavy atom. The lowest BCUT2D eigenvalue weighted by Gasteiger charge is -2.14. The van der Waals surface area contributed by atoms with Crippen LogP contribution in [-0.2, 0) is 6.54 Å². The first-order valence-electron chi connectivity index (χ1n) is 7.34. The Morgan fingerprint density at radius 1 is 1.33 bits per heavy atom. The molecule has 1 aromatic carbocycles. The monoisotopic (exact) mass is 346 g/mol. The third-order valence-electron chi connectivity index (χ3n) is 3.63. The summed E-state index contributed by atoms with van der Waals surface area (Å²) < 4.78 is 18.0. The molecular formula is C16H14N2O5S. The molecule has 3 aromatic rings. The molecular weight excluding hydrogens is 332 g/mol. The first-order valence-corrected chi connectivity index (χ1v) is 8.22. The normalized spacial score (nSPS) is 14.0. The van der Waals surface area contributed by atoms with Crippen molar-refractivity contribution in [2.75, 3.05) is 13.4 Å². The number of fused-ring (bicyclic) bond motifs is 2. The van der Waals surface area contributed by atoms with Crippen LogP contribution in [0.3, 0.4) is 0 Å². The van der Waals surface area contributed by atoms with E-state index in [-0.39, 0.29) is 25.5 Å². The lowest BCUT2D eigenvalue weighted by Crippen LogP contribution is -2.30. The van der Waals surface area contributed by atoms with Gasteiger partial charge in [-0.15, -0.1) is 11.3 Å². The number of aromatic nitrogens is 2. The lowest BCUT2D eigenvalue weighted by atomic mass is 10.3. The summed E-state index contributed by atoms with van der Waals surface area (Å²) in [4.78, 5) is 16.5. The van der Waals surface area contributed by atoms with Crippen LogP contribution in [-0.4, -0.2) is 34.2 Å². The van der Waals surface area contributed by atoms with Crippen molar-refractivity contribution >= 4 is 21.6 Å². The number of aliphatic hydroxyl groups is 1. The molecule has 8 heteroatoms. The zero-order chi connectivity index (χ0) is 16.5. The van der Waals surface area contributed by atoms with Crippen LogP contribution in [0.25, 0.3) is 10.2 Å². The molecule has 1 unspecified atom stereocenters. The third kappa shape index (κ3) is 2.81. The number of thiophene rings is 1. The molecule has 0 aliphatic carbocycles. The molecule has 7 nitrogen and oxygen atoms in total. The van der Waals surface area contributed by atoms with E-state index >= 15 is 0 Å². The maximum absolute atomic E-state index is 12.3. The van der Waals surface area contributed by atoms with Crippen molar-refractivity contribution in [1.82, 2.24) is 9.55 Å². The van der Waals surface area contributed by atoms with Gasteiger partial charge in [-0.25, -0.2) is 4.98 Å². The van der Waals surface area contributed by atoms with Gasteiger partial charge in [-0.1, -0.05) is 0 Å². The van der Waals surface area contributed by atoms with E-state index in [0.29, 0.717) is 27.5 Å². The molecule has 1 N–H and O–H groups in total.